The van der Waals surface area contributed by atoms with Gasteiger partial charge < -0.3 is 10.6 Å². The standard InChI is InChI=1S/C20H19N5/c1-13-8-14(2)10-18(9-13)24-20-22-15(3)11-19(25-20)23-17-6-4-16(12-21)5-7-17/h4-11H,1-3H3,(H2,22,23,24,25). The molecule has 0 spiro atoms. The molecular weight excluding hydrogens is 310 g/mol. The fourth-order valence-corrected chi connectivity index (χ4v) is 2.64. The van der Waals surface area contributed by atoms with Gasteiger partial charge in [-0.05, 0) is 68.3 Å². The molecule has 0 unspecified atom stereocenters. The molecule has 0 fully saturated rings. The lowest BCUT2D eigenvalue weighted by atomic mass is 10.1. The minimum atomic E-state index is 0.543. The molecule has 1 heterocycles. The molecule has 25 heavy (non-hydrogen) atoms. The molecule has 0 atom stereocenters. The molecule has 2 aromatic carbocycles. The molecule has 0 aliphatic rings. The van der Waals surface area contributed by atoms with Crippen molar-refractivity contribution < 1.29 is 0 Å². The molecule has 0 bridgehead atoms. The molecule has 0 aliphatic carbocycles. The molecule has 1 aromatic heterocycles. The van der Waals surface area contributed by atoms with Crippen molar-refractivity contribution >= 4 is 23.1 Å². The molecule has 0 aliphatic heterocycles. The van der Waals surface area contributed by atoms with Crippen molar-refractivity contribution in [3.63, 3.8) is 0 Å². The third kappa shape index (κ3) is 4.33. The van der Waals surface area contributed by atoms with E-state index in [9.17, 15) is 0 Å². The third-order valence-corrected chi connectivity index (χ3v) is 3.62. The predicted octanol–water partition coefficient (Wildman–Crippen LogP) is 4.76. The van der Waals surface area contributed by atoms with Gasteiger partial charge in [-0.25, -0.2) is 4.98 Å². The Morgan fingerprint density at radius 2 is 1.48 bits per heavy atom. The first kappa shape index (κ1) is 16.5. The topological polar surface area (TPSA) is 73.6 Å². The number of benzene rings is 2. The number of hydrogen-bond acceptors (Lipinski definition) is 5. The molecule has 0 saturated carbocycles. The molecule has 0 radical (unpaired) electrons. The second kappa shape index (κ2) is 7.02. The Morgan fingerprint density at radius 3 is 2.12 bits per heavy atom. The van der Waals surface area contributed by atoms with Gasteiger partial charge in [-0.1, -0.05) is 6.07 Å². The summed E-state index contributed by atoms with van der Waals surface area (Å²) in [4.78, 5) is 8.98. The number of aromatic nitrogens is 2. The summed E-state index contributed by atoms with van der Waals surface area (Å²) in [5.74, 6) is 1.24. The van der Waals surface area contributed by atoms with Gasteiger partial charge in [-0.2, -0.15) is 10.2 Å². The zero-order chi connectivity index (χ0) is 17.8. The van der Waals surface area contributed by atoms with Crippen molar-refractivity contribution in [2.24, 2.45) is 0 Å². The fraction of sp³-hybridized carbons (Fsp3) is 0.150. The average molecular weight is 329 g/mol. The van der Waals surface area contributed by atoms with Gasteiger partial charge >= 0.3 is 0 Å². The number of aryl methyl sites for hydroxylation is 3. The average Bonchev–Trinajstić information content (AvgIpc) is 2.54. The van der Waals surface area contributed by atoms with Crippen LogP contribution in [0.4, 0.5) is 23.1 Å². The molecule has 3 aromatic rings. The Kier molecular flexibility index (Phi) is 4.62. The van der Waals surface area contributed by atoms with Crippen LogP contribution in [0.5, 0.6) is 0 Å². The summed E-state index contributed by atoms with van der Waals surface area (Å²) in [6.45, 7) is 6.05. The monoisotopic (exact) mass is 329 g/mol. The third-order valence-electron chi connectivity index (χ3n) is 3.62. The first-order chi connectivity index (χ1) is 12.0. The van der Waals surface area contributed by atoms with Gasteiger partial charge in [-0.3, -0.25) is 0 Å². The number of nitrogens with zero attached hydrogens (tertiary/aromatic N) is 3. The van der Waals surface area contributed by atoms with Crippen LogP contribution in [0.15, 0.2) is 48.5 Å². The smallest absolute Gasteiger partial charge is 0.229 e. The van der Waals surface area contributed by atoms with Crippen LogP contribution in [0, 0.1) is 32.1 Å². The van der Waals surface area contributed by atoms with Gasteiger partial charge in [-0.15, -0.1) is 0 Å². The highest BCUT2D eigenvalue weighted by atomic mass is 15.1. The second-order valence-corrected chi connectivity index (χ2v) is 6.03. The number of anilines is 4. The van der Waals surface area contributed by atoms with E-state index >= 15 is 0 Å². The maximum absolute atomic E-state index is 8.87. The maximum atomic E-state index is 8.87. The minimum absolute atomic E-state index is 0.543. The number of hydrogen-bond donors (Lipinski definition) is 2. The summed E-state index contributed by atoms with van der Waals surface area (Å²) >= 11 is 0. The lowest BCUT2D eigenvalue weighted by Crippen LogP contribution is -2.02. The van der Waals surface area contributed by atoms with Gasteiger partial charge in [0.1, 0.15) is 5.82 Å². The molecule has 124 valence electrons. The Hall–Kier alpha value is -3.39. The van der Waals surface area contributed by atoms with Crippen LogP contribution in [-0.4, -0.2) is 9.97 Å². The van der Waals surface area contributed by atoms with Crippen molar-refractivity contribution in [3.8, 4) is 6.07 Å². The van der Waals surface area contributed by atoms with Gasteiger partial charge in [0, 0.05) is 23.1 Å². The van der Waals surface area contributed by atoms with E-state index in [2.05, 4.69) is 58.7 Å². The van der Waals surface area contributed by atoms with Crippen LogP contribution in [0.1, 0.15) is 22.4 Å². The summed E-state index contributed by atoms with van der Waals surface area (Å²) in [6, 6.07) is 17.5. The number of nitrogens with one attached hydrogen (secondary N) is 2. The highest BCUT2D eigenvalue weighted by Crippen LogP contribution is 2.21. The highest BCUT2D eigenvalue weighted by Gasteiger charge is 2.05. The molecule has 2 N–H and O–H groups in total. The summed E-state index contributed by atoms with van der Waals surface area (Å²) in [5, 5.41) is 15.4. The minimum Gasteiger partial charge on any atom is -0.340 e. The van der Waals surface area contributed by atoms with Crippen LogP contribution in [-0.2, 0) is 0 Å². The van der Waals surface area contributed by atoms with Gasteiger partial charge in [0.2, 0.25) is 5.95 Å². The first-order valence-electron chi connectivity index (χ1n) is 8.00. The van der Waals surface area contributed by atoms with Gasteiger partial charge in [0.05, 0.1) is 11.6 Å². The normalized spacial score (nSPS) is 10.2. The van der Waals surface area contributed by atoms with E-state index in [4.69, 9.17) is 5.26 Å². The SMILES string of the molecule is Cc1cc(C)cc(Nc2nc(C)cc(Nc3ccc(C#N)cc3)n2)c1. The molecule has 5 heteroatoms. The Balaban J connectivity index is 1.83. The zero-order valence-corrected chi connectivity index (χ0v) is 14.5. The first-order valence-corrected chi connectivity index (χ1v) is 8.00. The van der Waals surface area contributed by atoms with E-state index in [1.165, 1.54) is 11.1 Å². The second-order valence-electron chi connectivity index (χ2n) is 6.03. The van der Waals surface area contributed by atoms with Crippen LogP contribution >= 0.6 is 0 Å². The van der Waals surface area contributed by atoms with Crippen LogP contribution in [0.2, 0.25) is 0 Å². The van der Waals surface area contributed by atoms with Crippen LogP contribution in [0.3, 0.4) is 0 Å². The van der Waals surface area contributed by atoms with Crippen LogP contribution in [0.25, 0.3) is 0 Å². The van der Waals surface area contributed by atoms with E-state index in [-0.39, 0.29) is 0 Å². The maximum Gasteiger partial charge on any atom is 0.229 e. The van der Waals surface area contributed by atoms with E-state index in [0.717, 1.165) is 17.1 Å². The van der Waals surface area contributed by atoms with Crippen LogP contribution < -0.4 is 10.6 Å². The Morgan fingerprint density at radius 1 is 0.800 bits per heavy atom. The quantitative estimate of drug-likeness (QED) is 0.722. The van der Waals surface area contributed by atoms with E-state index in [1.54, 1.807) is 12.1 Å². The largest absolute Gasteiger partial charge is 0.340 e. The highest BCUT2D eigenvalue weighted by molar-refractivity contribution is 5.61. The Bertz CT molecular complexity index is 919. The van der Waals surface area contributed by atoms with E-state index < -0.39 is 0 Å². The number of rotatable bonds is 4. The predicted molar refractivity (Wildman–Crippen MR) is 100 cm³/mol. The van der Waals surface area contributed by atoms with E-state index in [1.807, 2.05) is 25.1 Å². The summed E-state index contributed by atoms with van der Waals surface area (Å²) < 4.78 is 0. The van der Waals surface area contributed by atoms with Gasteiger partial charge in [0.15, 0.2) is 0 Å². The lowest BCUT2D eigenvalue weighted by molar-refractivity contribution is 1.11. The molecular formula is C20H19N5. The van der Waals surface area contributed by atoms with Crippen molar-refractivity contribution in [1.82, 2.24) is 9.97 Å². The summed E-state index contributed by atoms with van der Waals surface area (Å²) in [7, 11) is 0. The van der Waals surface area contributed by atoms with Crippen molar-refractivity contribution in [3.05, 3.63) is 70.9 Å². The van der Waals surface area contributed by atoms with Crippen molar-refractivity contribution in [2.45, 2.75) is 20.8 Å². The van der Waals surface area contributed by atoms with E-state index in [0.29, 0.717) is 17.3 Å². The summed E-state index contributed by atoms with van der Waals surface area (Å²) in [6.07, 6.45) is 0. The molecule has 0 saturated heterocycles. The molecule has 0 amide bonds. The summed E-state index contributed by atoms with van der Waals surface area (Å²) in [5.41, 5.74) is 5.69. The number of nitriles is 1. The molecule has 5 nitrogen and oxygen atoms in total. The fourth-order valence-electron chi connectivity index (χ4n) is 2.64. The molecule has 3 rings (SSSR count). The Labute approximate surface area is 147 Å². The zero-order valence-electron chi connectivity index (χ0n) is 14.5. The van der Waals surface area contributed by atoms with Gasteiger partial charge in [0.25, 0.3) is 0 Å². The van der Waals surface area contributed by atoms with Crippen molar-refractivity contribution in [1.29, 1.82) is 5.26 Å². The lowest BCUT2D eigenvalue weighted by Gasteiger charge is -2.11. The van der Waals surface area contributed by atoms with Crippen molar-refractivity contribution in [2.75, 3.05) is 10.6 Å².